The molecular weight excluding hydrogens is 366 g/mol. The van der Waals surface area contributed by atoms with E-state index in [2.05, 4.69) is 45.1 Å². The van der Waals surface area contributed by atoms with Crippen molar-refractivity contribution in [1.82, 2.24) is 14.9 Å². The minimum absolute atomic E-state index is 0.456. The Bertz CT molecular complexity index is 972. The van der Waals surface area contributed by atoms with Gasteiger partial charge in [0.05, 0.1) is 19.7 Å². The van der Waals surface area contributed by atoms with Crippen LogP contribution in [0.4, 0.5) is 11.8 Å². The summed E-state index contributed by atoms with van der Waals surface area (Å²) in [6, 6.07) is 14.3. The van der Waals surface area contributed by atoms with Crippen LogP contribution in [0.2, 0.25) is 0 Å². The monoisotopic (exact) mass is 393 g/mol. The van der Waals surface area contributed by atoms with Gasteiger partial charge >= 0.3 is 0 Å². The van der Waals surface area contributed by atoms with Crippen molar-refractivity contribution in [1.29, 1.82) is 0 Å². The Hall–Kier alpha value is -3.06. The Kier molecular flexibility index (Phi) is 5.67. The smallest absolute Gasteiger partial charge is 0.227 e. The molecule has 3 aromatic rings. The maximum Gasteiger partial charge on any atom is 0.227 e. The van der Waals surface area contributed by atoms with E-state index in [1.54, 1.807) is 14.2 Å². The van der Waals surface area contributed by atoms with Gasteiger partial charge in [0, 0.05) is 44.2 Å². The molecule has 0 amide bonds. The normalized spacial score (nSPS) is 14.9. The first-order chi connectivity index (χ1) is 14.2. The maximum absolute atomic E-state index is 6.23. The van der Waals surface area contributed by atoms with Crippen molar-refractivity contribution in [2.24, 2.45) is 0 Å². The third-order valence-electron chi connectivity index (χ3n) is 5.43. The summed E-state index contributed by atoms with van der Waals surface area (Å²) in [6.45, 7) is 4.80. The second-order valence-corrected chi connectivity index (χ2v) is 7.20. The Labute approximate surface area is 171 Å². The number of methoxy groups -OCH3 is 2. The molecule has 1 aliphatic rings. The average molecular weight is 393 g/mol. The van der Waals surface area contributed by atoms with Crippen LogP contribution in [0.3, 0.4) is 0 Å². The quantitative estimate of drug-likeness (QED) is 0.690. The third kappa shape index (κ3) is 4.19. The van der Waals surface area contributed by atoms with E-state index in [9.17, 15) is 0 Å². The van der Waals surface area contributed by atoms with Crippen molar-refractivity contribution in [3.63, 3.8) is 0 Å². The molecule has 29 heavy (non-hydrogen) atoms. The number of nitrogen functional groups attached to an aromatic ring is 1. The van der Waals surface area contributed by atoms with Gasteiger partial charge in [-0.1, -0.05) is 30.3 Å². The SMILES string of the molecule is COc1cc2nc(N3CCN(CCc4ccccc4)CC3)nc(N)c2cc1OC. The Balaban J connectivity index is 1.45. The highest BCUT2D eigenvalue weighted by atomic mass is 16.5. The molecule has 0 unspecified atom stereocenters. The van der Waals surface area contributed by atoms with Gasteiger partial charge in [0.15, 0.2) is 11.5 Å². The lowest BCUT2D eigenvalue weighted by molar-refractivity contribution is 0.260. The summed E-state index contributed by atoms with van der Waals surface area (Å²) >= 11 is 0. The molecule has 0 radical (unpaired) electrons. The molecule has 0 aliphatic carbocycles. The van der Waals surface area contributed by atoms with Crippen LogP contribution < -0.4 is 20.1 Å². The largest absolute Gasteiger partial charge is 0.493 e. The predicted molar refractivity (Wildman–Crippen MR) is 116 cm³/mol. The first kappa shape index (κ1) is 19.3. The fourth-order valence-electron chi connectivity index (χ4n) is 3.71. The van der Waals surface area contributed by atoms with Crippen LogP contribution in [0.1, 0.15) is 5.56 Å². The highest BCUT2D eigenvalue weighted by Gasteiger charge is 2.20. The average Bonchev–Trinajstić information content (AvgIpc) is 2.77. The van der Waals surface area contributed by atoms with Gasteiger partial charge in [-0.15, -0.1) is 0 Å². The molecule has 7 heteroatoms. The fourth-order valence-corrected chi connectivity index (χ4v) is 3.71. The zero-order valence-corrected chi connectivity index (χ0v) is 17.0. The van der Waals surface area contributed by atoms with Crippen LogP contribution in [-0.2, 0) is 6.42 Å². The first-order valence-corrected chi connectivity index (χ1v) is 9.88. The van der Waals surface area contributed by atoms with Crippen LogP contribution in [0.15, 0.2) is 42.5 Å². The van der Waals surface area contributed by atoms with Gasteiger partial charge in [0.25, 0.3) is 0 Å². The number of piperazine rings is 1. The minimum Gasteiger partial charge on any atom is -0.493 e. The number of aromatic nitrogens is 2. The second kappa shape index (κ2) is 8.53. The van der Waals surface area contributed by atoms with Gasteiger partial charge in [-0.05, 0) is 18.1 Å². The van der Waals surface area contributed by atoms with Crippen molar-refractivity contribution in [2.45, 2.75) is 6.42 Å². The highest BCUT2D eigenvalue weighted by Crippen LogP contribution is 2.34. The molecule has 0 atom stereocenters. The highest BCUT2D eigenvalue weighted by molar-refractivity contribution is 5.91. The van der Waals surface area contributed by atoms with Crippen molar-refractivity contribution in [3.05, 3.63) is 48.0 Å². The van der Waals surface area contributed by atoms with E-state index in [0.717, 1.165) is 50.0 Å². The Morgan fingerprint density at radius 1 is 0.931 bits per heavy atom. The fraction of sp³-hybridized carbons (Fsp3) is 0.364. The van der Waals surface area contributed by atoms with Gasteiger partial charge in [0.2, 0.25) is 5.95 Å². The van der Waals surface area contributed by atoms with E-state index >= 15 is 0 Å². The number of benzene rings is 2. The molecule has 0 bridgehead atoms. The summed E-state index contributed by atoms with van der Waals surface area (Å²) in [6.07, 6.45) is 1.07. The number of hydrogen-bond donors (Lipinski definition) is 1. The number of ether oxygens (including phenoxy) is 2. The van der Waals surface area contributed by atoms with Gasteiger partial charge in [-0.2, -0.15) is 4.98 Å². The standard InChI is InChI=1S/C22H27N5O2/c1-28-19-14-17-18(15-20(19)29-2)24-22(25-21(17)23)27-12-10-26(11-13-27)9-8-16-6-4-3-5-7-16/h3-7,14-15H,8-13H2,1-2H3,(H2,23,24,25). The van der Waals surface area contributed by atoms with Gasteiger partial charge < -0.3 is 20.1 Å². The number of fused-ring (bicyclic) bond motifs is 1. The number of nitrogens with two attached hydrogens (primary N) is 1. The van der Waals surface area contributed by atoms with Crippen molar-refractivity contribution < 1.29 is 9.47 Å². The van der Waals surface area contributed by atoms with E-state index in [1.165, 1.54) is 5.56 Å². The topological polar surface area (TPSA) is 76.7 Å². The first-order valence-electron chi connectivity index (χ1n) is 9.88. The summed E-state index contributed by atoms with van der Waals surface area (Å²) < 4.78 is 10.8. The van der Waals surface area contributed by atoms with E-state index in [0.29, 0.717) is 23.3 Å². The summed E-state index contributed by atoms with van der Waals surface area (Å²) in [5, 5.41) is 0.771. The lowest BCUT2D eigenvalue weighted by Crippen LogP contribution is -2.47. The van der Waals surface area contributed by atoms with Gasteiger partial charge in [-0.3, -0.25) is 4.90 Å². The van der Waals surface area contributed by atoms with Crippen LogP contribution >= 0.6 is 0 Å². The third-order valence-corrected chi connectivity index (χ3v) is 5.43. The van der Waals surface area contributed by atoms with E-state index < -0.39 is 0 Å². The Morgan fingerprint density at radius 2 is 1.62 bits per heavy atom. The number of nitrogens with zero attached hydrogens (tertiary/aromatic N) is 4. The number of rotatable bonds is 6. The molecule has 152 valence electrons. The van der Waals surface area contributed by atoms with E-state index in [4.69, 9.17) is 20.2 Å². The van der Waals surface area contributed by atoms with Crippen LogP contribution in [0, 0.1) is 0 Å². The second-order valence-electron chi connectivity index (χ2n) is 7.20. The van der Waals surface area contributed by atoms with E-state index in [-0.39, 0.29) is 0 Å². The van der Waals surface area contributed by atoms with Crippen LogP contribution in [0.5, 0.6) is 11.5 Å². The zero-order valence-electron chi connectivity index (χ0n) is 17.0. The maximum atomic E-state index is 6.23. The Morgan fingerprint density at radius 3 is 2.31 bits per heavy atom. The van der Waals surface area contributed by atoms with Crippen LogP contribution in [0.25, 0.3) is 10.9 Å². The molecule has 2 aromatic carbocycles. The van der Waals surface area contributed by atoms with Crippen LogP contribution in [-0.4, -0.2) is 61.8 Å². The molecule has 4 rings (SSSR count). The molecular formula is C22H27N5O2. The lowest BCUT2D eigenvalue weighted by atomic mass is 10.1. The van der Waals surface area contributed by atoms with E-state index in [1.807, 2.05) is 12.1 Å². The van der Waals surface area contributed by atoms with Gasteiger partial charge in [0.1, 0.15) is 5.82 Å². The van der Waals surface area contributed by atoms with Crippen molar-refractivity contribution in [2.75, 3.05) is 57.6 Å². The minimum atomic E-state index is 0.456. The summed E-state index contributed by atoms with van der Waals surface area (Å²) in [7, 11) is 3.22. The lowest BCUT2D eigenvalue weighted by Gasteiger charge is -2.34. The molecule has 1 fully saturated rings. The molecule has 1 aliphatic heterocycles. The molecule has 0 spiro atoms. The van der Waals surface area contributed by atoms with Crippen molar-refractivity contribution in [3.8, 4) is 11.5 Å². The molecule has 1 aromatic heterocycles. The van der Waals surface area contributed by atoms with Gasteiger partial charge in [-0.25, -0.2) is 4.98 Å². The van der Waals surface area contributed by atoms with Crippen molar-refractivity contribution >= 4 is 22.7 Å². The predicted octanol–water partition coefficient (Wildman–Crippen LogP) is 2.59. The molecule has 1 saturated heterocycles. The number of hydrogen-bond acceptors (Lipinski definition) is 7. The zero-order chi connectivity index (χ0) is 20.2. The molecule has 7 nitrogen and oxygen atoms in total. The number of anilines is 2. The molecule has 0 saturated carbocycles. The summed E-state index contributed by atoms with van der Waals surface area (Å²) in [5.74, 6) is 2.38. The summed E-state index contributed by atoms with van der Waals surface area (Å²) in [5.41, 5.74) is 8.37. The molecule has 2 N–H and O–H groups in total. The summed E-state index contributed by atoms with van der Waals surface area (Å²) in [4.78, 5) is 14.0. The molecule has 2 heterocycles.